The highest BCUT2D eigenvalue weighted by Crippen LogP contribution is 2.26. The summed E-state index contributed by atoms with van der Waals surface area (Å²) >= 11 is 0. The summed E-state index contributed by atoms with van der Waals surface area (Å²) in [5.74, 6) is 3.53. The van der Waals surface area contributed by atoms with Crippen molar-refractivity contribution in [3.8, 4) is 34.5 Å². The molecule has 1 aliphatic rings. The van der Waals surface area contributed by atoms with Crippen molar-refractivity contribution in [3.63, 3.8) is 0 Å². The molecule has 2 atom stereocenters. The first-order chi connectivity index (χ1) is 21.4. The smallest absolute Gasteiger partial charge is 0.258 e. The van der Waals surface area contributed by atoms with Crippen molar-refractivity contribution in [2.75, 3.05) is 13.2 Å². The van der Waals surface area contributed by atoms with E-state index in [0.29, 0.717) is 23.0 Å². The Morgan fingerprint density at radius 3 is 1.16 bits per heavy atom. The van der Waals surface area contributed by atoms with Gasteiger partial charge in [0.15, 0.2) is 13.2 Å². The second kappa shape index (κ2) is 15.0. The number of amides is 2. The molecular weight excluding hydrogens is 556 g/mol. The molecule has 1 fully saturated rings. The Labute approximate surface area is 258 Å². The van der Waals surface area contributed by atoms with E-state index in [1.165, 1.54) is 0 Å². The maximum absolute atomic E-state index is 12.7. The van der Waals surface area contributed by atoms with Crippen molar-refractivity contribution < 1.29 is 28.5 Å². The molecule has 44 heavy (non-hydrogen) atoms. The standard InChI is InChI=1S/C36H38N2O6/c1-25-7-11-29(12-8-25)43-31-19-15-27(16-20-31)41-23-35(39)37-33-5-3-4-6-34(33)38-36(40)24-42-28-17-21-32(22-18-28)44-30-13-9-26(2)10-14-30/h7-22,33-34H,3-6,23-24H2,1-2H3,(H,37,39)(H,38,40)/t33-,34+. The van der Waals surface area contributed by atoms with Gasteiger partial charge in [0.2, 0.25) is 0 Å². The first-order valence-corrected chi connectivity index (χ1v) is 14.9. The molecule has 5 rings (SSSR count). The minimum atomic E-state index is -0.236. The first-order valence-electron chi connectivity index (χ1n) is 14.9. The molecule has 0 unspecified atom stereocenters. The summed E-state index contributed by atoms with van der Waals surface area (Å²) in [6.07, 6.45) is 3.53. The predicted octanol–water partition coefficient (Wildman–Crippen LogP) is 6.89. The van der Waals surface area contributed by atoms with Gasteiger partial charge in [0.1, 0.15) is 34.5 Å². The zero-order chi connectivity index (χ0) is 30.7. The van der Waals surface area contributed by atoms with Gasteiger partial charge in [-0.05, 0) is 99.5 Å². The number of rotatable bonds is 12. The Morgan fingerprint density at radius 2 is 0.818 bits per heavy atom. The molecule has 1 aliphatic carbocycles. The van der Waals surface area contributed by atoms with Crippen molar-refractivity contribution in [2.24, 2.45) is 0 Å². The zero-order valence-corrected chi connectivity index (χ0v) is 25.1. The van der Waals surface area contributed by atoms with Gasteiger partial charge in [-0.15, -0.1) is 0 Å². The van der Waals surface area contributed by atoms with Crippen molar-refractivity contribution in [2.45, 2.75) is 51.6 Å². The third kappa shape index (κ3) is 9.26. The summed E-state index contributed by atoms with van der Waals surface area (Å²) in [6.45, 7) is 3.81. The van der Waals surface area contributed by atoms with Crippen molar-refractivity contribution in [1.82, 2.24) is 10.6 Å². The molecule has 2 N–H and O–H groups in total. The maximum Gasteiger partial charge on any atom is 0.258 e. The van der Waals surface area contributed by atoms with Crippen LogP contribution in [-0.4, -0.2) is 37.1 Å². The largest absolute Gasteiger partial charge is 0.484 e. The van der Waals surface area contributed by atoms with Crippen LogP contribution in [0.15, 0.2) is 97.1 Å². The predicted molar refractivity (Wildman–Crippen MR) is 169 cm³/mol. The van der Waals surface area contributed by atoms with Crippen LogP contribution in [0.1, 0.15) is 36.8 Å². The molecule has 0 aromatic heterocycles. The number of hydrogen-bond acceptors (Lipinski definition) is 6. The first kappa shape index (κ1) is 30.5. The lowest BCUT2D eigenvalue weighted by Gasteiger charge is -2.32. The van der Waals surface area contributed by atoms with Gasteiger partial charge in [0.25, 0.3) is 11.8 Å². The van der Waals surface area contributed by atoms with Gasteiger partial charge in [0.05, 0.1) is 0 Å². The molecule has 1 saturated carbocycles. The normalized spacial score (nSPS) is 16.0. The average Bonchev–Trinajstić information content (AvgIpc) is 3.03. The highest BCUT2D eigenvalue weighted by molar-refractivity contribution is 5.79. The zero-order valence-electron chi connectivity index (χ0n) is 25.1. The highest BCUT2D eigenvalue weighted by atomic mass is 16.5. The fourth-order valence-corrected chi connectivity index (χ4v) is 4.96. The average molecular weight is 595 g/mol. The molecule has 0 heterocycles. The molecule has 0 saturated heterocycles. The molecule has 0 bridgehead atoms. The molecule has 0 spiro atoms. The van der Waals surface area contributed by atoms with Crippen molar-refractivity contribution in [1.29, 1.82) is 0 Å². The van der Waals surface area contributed by atoms with E-state index in [0.717, 1.165) is 48.3 Å². The highest BCUT2D eigenvalue weighted by Gasteiger charge is 2.28. The number of carbonyl (C=O) groups excluding carboxylic acids is 2. The topological polar surface area (TPSA) is 95.1 Å². The van der Waals surface area contributed by atoms with Gasteiger partial charge < -0.3 is 29.6 Å². The third-order valence-corrected chi connectivity index (χ3v) is 7.36. The van der Waals surface area contributed by atoms with Crippen LogP contribution in [0.25, 0.3) is 0 Å². The lowest BCUT2D eigenvalue weighted by atomic mass is 9.90. The fraction of sp³-hybridized carbons (Fsp3) is 0.278. The van der Waals surface area contributed by atoms with Crippen LogP contribution in [0, 0.1) is 13.8 Å². The lowest BCUT2D eigenvalue weighted by Crippen LogP contribution is -2.54. The lowest BCUT2D eigenvalue weighted by molar-refractivity contribution is -0.127. The Morgan fingerprint density at radius 1 is 0.523 bits per heavy atom. The van der Waals surface area contributed by atoms with Crippen LogP contribution in [0.2, 0.25) is 0 Å². The second-order valence-electron chi connectivity index (χ2n) is 11.0. The Balaban J connectivity index is 1.04. The molecular formula is C36H38N2O6. The van der Waals surface area contributed by atoms with E-state index in [9.17, 15) is 9.59 Å². The Kier molecular flexibility index (Phi) is 10.4. The Hall–Kier alpha value is -4.98. The van der Waals surface area contributed by atoms with Crippen LogP contribution in [0.3, 0.4) is 0 Å². The quantitative estimate of drug-likeness (QED) is 0.186. The minimum Gasteiger partial charge on any atom is -0.484 e. The van der Waals surface area contributed by atoms with Gasteiger partial charge in [-0.2, -0.15) is 0 Å². The summed E-state index contributed by atoms with van der Waals surface area (Å²) in [4.78, 5) is 25.4. The number of ether oxygens (including phenoxy) is 4. The number of hydrogen-bond donors (Lipinski definition) is 2. The van der Waals surface area contributed by atoms with Crippen molar-refractivity contribution >= 4 is 11.8 Å². The molecule has 4 aromatic rings. The molecule has 8 nitrogen and oxygen atoms in total. The van der Waals surface area contributed by atoms with Crippen LogP contribution in [0.4, 0.5) is 0 Å². The number of carbonyl (C=O) groups is 2. The number of benzene rings is 4. The van der Waals surface area contributed by atoms with Crippen LogP contribution >= 0.6 is 0 Å². The van der Waals surface area contributed by atoms with Gasteiger partial charge in [0, 0.05) is 12.1 Å². The van der Waals surface area contributed by atoms with E-state index < -0.39 is 0 Å². The second-order valence-corrected chi connectivity index (χ2v) is 11.0. The van der Waals surface area contributed by atoms with E-state index in [4.69, 9.17) is 18.9 Å². The molecule has 0 aliphatic heterocycles. The summed E-state index contributed by atoms with van der Waals surface area (Å²) in [6, 6.07) is 29.6. The van der Waals surface area contributed by atoms with Gasteiger partial charge >= 0.3 is 0 Å². The van der Waals surface area contributed by atoms with E-state index in [-0.39, 0.29) is 37.1 Å². The van der Waals surface area contributed by atoms with Crippen LogP contribution in [0.5, 0.6) is 34.5 Å². The summed E-state index contributed by atoms with van der Waals surface area (Å²) in [7, 11) is 0. The van der Waals surface area contributed by atoms with Gasteiger partial charge in [-0.25, -0.2) is 0 Å². The molecule has 8 heteroatoms. The summed E-state index contributed by atoms with van der Waals surface area (Å²) in [5.41, 5.74) is 2.33. The molecule has 228 valence electrons. The third-order valence-electron chi connectivity index (χ3n) is 7.36. The SMILES string of the molecule is Cc1ccc(Oc2ccc(OCC(=O)N[C@H]3CCCC[C@H]3NC(=O)COc3ccc(Oc4ccc(C)cc4)cc3)cc2)cc1. The molecule has 4 aromatic carbocycles. The van der Waals surface area contributed by atoms with Crippen LogP contribution < -0.4 is 29.6 Å². The van der Waals surface area contributed by atoms with Gasteiger partial charge in [-0.1, -0.05) is 48.2 Å². The number of nitrogens with one attached hydrogen (secondary N) is 2. The monoisotopic (exact) mass is 594 g/mol. The maximum atomic E-state index is 12.7. The van der Waals surface area contributed by atoms with Crippen LogP contribution in [-0.2, 0) is 9.59 Å². The molecule has 2 amide bonds. The van der Waals surface area contributed by atoms with Gasteiger partial charge in [-0.3, -0.25) is 9.59 Å². The van der Waals surface area contributed by atoms with E-state index in [1.54, 1.807) is 48.5 Å². The molecule has 0 radical (unpaired) electrons. The van der Waals surface area contributed by atoms with Crippen molar-refractivity contribution in [3.05, 3.63) is 108 Å². The van der Waals surface area contributed by atoms with E-state index >= 15 is 0 Å². The summed E-state index contributed by atoms with van der Waals surface area (Å²) < 4.78 is 23.1. The van der Waals surface area contributed by atoms with E-state index in [1.807, 2.05) is 62.4 Å². The fourth-order valence-electron chi connectivity index (χ4n) is 4.96. The number of aryl methyl sites for hydroxylation is 2. The minimum absolute atomic E-state index is 0.123. The van der Waals surface area contributed by atoms with E-state index in [2.05, 4.69) is 10.6 Å². The Bertz CT molecular complexity index is 1390. The summed E-state index contributed by atoms with van der Waals surface area (Å²) in [5, 5.41) is 6.08.